The predicted molar refractivity (Wildman–Crippen MR) is 85.2 cm³/mol. The minimum Gasteiger partial charge on any atom is -0.388 e. The molecule has 0 radical (unpaired) electrons. The summed E-state index contributed by atoms with van der Waals surface area (Å²) in [7, 11) is 0. The van der Waals surface area contributed by atoms with Crippen molar-refractivity contribution in [3.8, 4) is 0 Å². The zero-order valence-corrected chi connectivity index (χ0v) is 13.2. The number of aliphatic hydroxyl groups excluding tert-OH is 1. The summed E-state index contributed by atoms with van der Waals surface area (Å²) in [4.78, 5) is 23.1. The van der Waals surface area contributed by atoms with E-state index in [1.54, 1.807) is 0 Å². The monoisotopic (exact) mass is 328 g/mol. The van der Waals surface area contributed by atoms with Crippen molar-refractivity contribution in [3.05, 3.63) is 49.1 Å². The molecule has 2 atom stereocenters. The largest absolute Gasteiger partial charge is 0.388 e. The minimum absolute atomic E-state index is 0.169. The number of carbonyl (C=O) groups excluding carboxylic acids is 2. The number of epoxide rings is 1. The van der Waals surface area contributed by atoms with Crippen LogP contribution in [0.15, 0.2) is 49.1 Å². The number of esters is 2. The van der Waals surface area contributed by atoms with Crippen LogP contribution in [-0.2, 0) is 19.1 Å². The van der Waals surface area contributed by atoms with Crippen LogP contribution in [0.1, 0.15) is 19.3 Å². The first-order valence-electron chi connectivity index (χ1n) is 6.62. The number of hydrogen-bond acceptors (Lipinski definition) is 5. The predicted octanol–water partition coefficient (Wildman–Crippen LogP) is 2.65. The molecule has 1 fully saturated rings. The van der Waals surface area contributed by atoms with E-state index in [2.05, 4.69) is 31.1 Å². The Kier molecular flexibility index (Phi) is 10.1. The highest BCUT2D eigenvalue weighted by molar-refractivity contribution is 6.25. The zero-order valence-electron chi connectivity index (χ0n) is 12.4. The van der Waals surface area contributed by atoms with Gasteiger partial charge in [-0.2, -0.15) is 0 Å². The standard InChI is InChI=1S/C14H18O5.C2H3Cl/c1-4-5-12(15)10(3)14(17)19-13(16)9(2)6-7-11-8-18-11;1-2-3/h4,11-12,15H,1-3,5-8H2;2H,1H2. The molecule has 1 aliphatic rings. The van der Waals surface area contributed by atoms with Crippen molar-refractivity contribution in [1.82, 2.24) is 0 Å². The lowest BCUT2D eigenvalue weighted by molar-refractivity contribution is -0.154. The molecule has 0 spiro atoms. The molecule has 1 rings (SSSR count). The van der Waals surface area contributed by atoms with E-state index in [0.29, 0.717) is 19.4 Å². The summed E-state index contributed by atoms with van der Waals surface area (Å²) in [6, 6.07) is 0. The smallest absolute Gasteiger partial charge is 0.343 e. The first-order chi connectivity index (χ1) is 10.4. The van der Waals surface area contributed by atoms with E-state index >= 15 is 0 Å². The molecule has 0 saturated carbocycles. The Morgan fingerprint density at radius 2 is 1.91 bits per heavy atom. The number of ether oxygens (including phenoxy) is 2. The molecule has 0 aromatic heterocycles. The van der Waals surface area contributed by atoms with Gasteiger partial charge in [-0.15, -0.1) is 6.58 Å². The van der Waals surface area contributed by atoms with Gasteiger partial charge in [-0.3, -0.25) is 0 Å². The fourth-order valence-electron chi connectivity index (χ4n) is 1.33. The molecular formula is C16H21ClO5. The van der Waals surface area contributed by atoms with E-state index in [1.807, 2.05) is 0 Å². The van der Waals surface area contributed by atoms with Crippen molar-refractivity contribution in [1.29, 1.82) is 0 Å². The Labute approximate surface area is 135 Å². The van der Waals surface area contributed by atoms with Crippen molar-refractivity contribution in [2.75, 3.05) is 6.61 Å². The van der Waals surface area contributed by atoms with Gasteiger partial charge in [0.25, 0.3) is 0 Å². The topological polar surface area (TPSA) is 76.1 Å². The van der Waals surface area contributed by atoms with Crippen molar-refractivity contribution in [2.24, 2.45) is 0 Å². The van der Waals surface area contributed by atoms with Crippen LogP contribution in [0, 0.1) is 0 Å². The molecule has 122 valence electrons. The second-order valence-corrected chi connectivity index (χ2v) is 4.80. The van der Waals surface area contributed by atoms with Gasteiger partial charge in [0.2, 0.25) is 0 Å². The molecule has 1 N–H and O–H groups in total. The second kappa shape index (κ2) is 11.0. The van der Waals surface area contributed by atoms with Crippen LogP contribution in [0.2, 0.25) is 0 Å². The van der Waals surface area contributed by atoms with Crippen LogP contribution in [0.3, 0.4) is 0 Å². The normalized spacial score (nSPS) is 16.4. The molecule has 0 bridgehead atoms. The third kappa shape index (κ3) is 8.56. The van der Waals surface area contributed by atoms with Crippen LogP contribution in [0.5, 0.6) is 0 Å². The van der Waals surface area contributed by atoms with Crippen LogP contribution < -0.4 is 0 Å². The molecule has 0 aromatic carbocycles. The van der Waals surface area contributed by atoms with Gasteiger partial charge in [0.1, 0.15) is 0 Å². The van der Waals surface area contributed by atoms with Gasteiger partial charge >= 0.3 is 11.9 Å². The van der Waals surface area contributed by atoms with Gasteiger partial charge in [0.15, 0.2) is 0 Å². The molecule has 5 nitrogen and oxygen atoms in total. The van der Waals surface area contributed by atoms with Gasteiger partial charge < -0.3 is 14.6 Å². The van der Waals surface area contributed by atoms with E-state index in [4.69, 9.17) is 16.3 Å². The van der Waals surface area contributed by atoms with Crippen molar-refractivity contribution in [3.63, 3.8) is 0 Å². The Morgan fingerprint density at radius 1 is 1.36 bits per heavy atom. The molecular weight excluding hydrogens is 308 g/mol. The second-order valence-electron chi connectivity index (χ2n) is 4.49. The fraction of sp³-hybridized carbons (Fsp3) is 0.375. The van der Waals surface area contributed by atoms with E-state index in [0.717, 1.165) is 0 Å². The highest BCUT2D eigenvalue weighted by atomic mass is 35.5. The molecule has 0 aliphatic carbocycles. The summed E-state index contributed by atoms with van der Waals surface area (Å²) in [6.07, 6.45) is 1.80. The van der Waals surface area contributed by atoms with Gasteiger partial charge in [-0.25, -0.2) is 9.59 Å². The lowest BCUT2D eigenvalue weighted by Gasteiger charge is -2.10. The first-order valence-corrected chi connectivity index (χ1v) is 7.05. The summed E-state index contributed by atoms with van der Waals surface area (Å²) in [5.74, 6) is -1.74. The van der Waals surface area contributed by atoms with Crippen molar-refractivity contribution in [2.45, 2.75) is 31.5 Å². The third-order valence-corrected chi connectivity index (χ3v) is 2.70. The Morgan fingerprint density at radius 3 is 2.36 bits per heavy atom. The zero-order chi connectivity index (χ0) is 17.1. The number of aliphatic hydroxyl groups is 1. The molecule has 6 heteroatoms. The highest BCUT2D eigenvalue weighted by Gasteiger charge is 2.25. The molecule has 0 aromatic rings. The van der Waals surface area contributed by atoms with E-state index in [9.17, 15) is 14.7 Å². The average Bonchev–Trinajstić information content (AvgIpc) is 3.29. The SMILES string of the molecule is C=CCC(O)C(=C)C(=O)OC(=O)C(=C)CCC1CO1.C=CCl. The summed E-state index contributed by atoms with van der Waals surface area (Å²) >= 11 is 4.76. The fourth-order valence-corrected chi connectivity index (χ4v) is 1.33. The number of rotatable bonds is 8. The van der Waals surface area contributed by atoms with Gasteiger partial charge in [0.05, 0.1) is 24.4 Å². The van der Waals surface area contributed by atoms with Crippen molar-refractivity contribution < 1.29 is 24.2 Å². The summed E-state index contributed by atoms with van der Waals surface area (Å²) < 4.78 is 9.58. The Bertz CT molecular complexity index is 451. The number of halogens is 1. The summed E-state index contributed by atoms with van der Waals surface area (Å²) in [6.45, 7) is 14.2. The maximum Gasteiger partial charge on any atom is 0.343 e. The molecule has 1 heterocycles. The highest BCUT2D eigenvalue weighted by Crippen LogP contribution is 2.19. The van der Waals surface area contributed by atoms with Crippen LogP contribution in [-0.4, -0.2) is 35.9 Å². The van der Waals surface area contributed by atoms with Gasteiger partial charge in [-0.1, -0.05) is 37.4 Å². The molecule has 1 aliphatic heterocycles. The van der Waals surface area contributed by atoms with Gasteiger partial charge in [-0.05, 0) is 24.8 Å². The average molecular weight is 329 g/mol. The Balaban J connectivity index is 0.00000135. The number of hydrogen-bond donors (Lipinski definition) is 1. The lowest BCUT2D eigenvalue weighted by Crippen LogP contribution is -2.22. The minimum atomic E-state index is -1.09. The van der Waals surface area contributed by atoms with E-state index in [-0.39, 0.29) is 23.7 Å². The maximum atomic E-state index is 11.5. The quantitative estimate of drug-likeness (QED) is 0.244. The third-order valence-electron chi connectivity index (χ3n) is 2.70. The molecule has 2 unspecified atom stereocenters. The van der Waals surface area contributed by atoms with E-state index < -0.39 is 18.0 Å². The van der Waals surface area contributed by atoms with Gasteiger partial charge in [0, 0.05) is 5.57 Å². The lowest BCUT2D eigenvalue weighted by atomic mass is 10.1. The number of carbonyl (C=O) groups is 2. The first kappa shape index (κ1) is 20.3. The van der Waals surface area contributed by atoms with Crippen LogP contribution in [0.25, 0.3) is 0 Å². The molecule has 22 heavy (non-hydrogen) atoms. The summed E-state index contributed by atoms with van der Waals surface area (Å²) in [5, 5.41) is 9.50. The molecule has 0 amide bonds. The summed E-state index contributed by atoms with van der Waals surface area (Å²) in [5.41, 5.74) is 1.25. The van der Waals surface area contributed by atoms with Crippen LogP contribution in [0.4, 0.5) is 0 Å². The molecule has 1 saturated heterocycles. The van der Waals surface area contributed by atoms with Crippen molar-refractivity contribution >= 4 is 23.5 Å². The Hall–Kier alpha value is -1.69. The van der Waals surface area contributed by atoms with Crippen LogP contribution >= 0.6 is 11.6 Å². The maximum absolute atomic E-state index is 11.5. The van der Waals surface area contributed by atoms with E-state index in [1.165, 1.54) is 11.6 Å².